The quantitative estimate of drug-likeness (QED) is 0.660. The van der Waals surface area contributed by atoms with Crippen molar-refractivity contribution in [2.45, 2.75) is 51.0 Å². The molecule has 1 aliphatic carbocycles. The third-order valence-corrected chi connectivity index (χ3v) is 5.01. The summed E-state index contributed by atoms with van der Waals surface area (Å²) in [6.45, 7) is 4.14. The summed E-state index contributed by atoms with van der Waals surface area (Å²) in [6.07, 6.45) is 7.20. The predicted octanol–water partition coefficient (Wildman–Crippen LogP) is 4.46. The Morgan fingerprint density at radius 1 is 1.26 bits per heavy atom. The van der Waals surface area contributed by atoms with Crippen LogP contribution in [0.2, 0.25) is 0 Å². The van der Waals surface area contributed by atoms with Crippen LogP contribution in [0.5, 0.6) is 5.75 Å². The van der Waals surface area contributed by atoms with Gasteiger partial charge in [0.2, 0.25) is 0 Å². The molecule has 0 aliphatic heterocycles. The van der Waals surface area contributed by atoms with Crippen LogP contribution in [0.4, 0.5) is 0 Å². The van der Waals surface area contributed by atoms with Crippen LogP contribution in [-0.2, 0) is 10.3 Å². The lowest BCUT2D eigenvalue weighted by Gasteiger charge is -2.45. The third kappa shape index (κ3) is 4.48. The van der Waals surface area contributed by atoms with E-state index >= 15 is 0 Å². The molecule has 1 saturated carbocycles. The van der Waals surface area contributed by atoms with E-state index in [1.54, 1.807) is 7.11 Å². The van der Waals surface area contributed by atoms with Gasteiger partial charge in [0.15, 0.2) is 0 Å². The maximum Gasteiger partial charge on any atom is 0.119 e. The molecule has 0 saturated heterocycles. The van der Waals surface area contributed by atoms with E-state index in [2.05, 4.69) is 44.1 Å². The summed E-state index contributed by atoms with van der Waals surface area (Å²) in [5.74, 6) is 1.46. The first-order valence-electron chi connectivity index (χ1n) is 9.05. The first-order chi connectivity index (χ1) is 11.1. The molecule has 23 heavy (non-hydrogen) atoms. The Hall–Kier alpha value is -1.06. The van der Waals surface area contributed by atoms with Crippen LogP contribution in [-0.4, -0.2) is 39.3 Å². The van der Waals surface area contributed by atoms with E-state index in [4.69, 9.17) is 9.47 Å². The van der Waals surface area contributed by atoms with Crippen LogP contribution in [0.3, 0.4) is 0 Å². The van der Waals surface area contributed by atoms with E-state index in [9.17, 15) is 0 Å². The monoisotopic (exact) mass is 319 g/mol. The van der Waals surface area contributed by atoms with E-state index in [1.807, 2.05) is 6.07 Å². The Kier molecular flexibility index (Phi) is 6.91. The number of rotatable bonds is 8. The van der Waals surface area contributed by atoms with Crippen molar-refractivity contribution < 1.29 is 9.47 Å². The van der Waals surface area contributed by atoms with Crippen molar-refractivity contribution in [1.29, 1.82) is 0 Å². The zero-order valence-corrected chi connectivity index (χ0v) is 15.3. The minimum absolute atomic E-state index is 0.160. The Morgan fingerprint density at radius 3 is 2.78 bits per heavy atom. The zero-order chi connectivity index (χ0) is 16.7. The Bertz CT molecular complexity index is 474. The predicted molar refractivity (Wildman–Crippen MR) is 96.0 cm³/mol. The van der Waals surface area contributed by atoms with Gasteiger partial charge in [-0.2, -0.15) is 0 Å². The van der Waals surface area contributed by atoms with Crippen LogP contribution in [0, 0.1) is 5.92 Å². The van der Waals surface area contributed by atoms with Crippen LogP contribution < -0.4 is 4.74 Å². The Labute approximate surface area is 142 Å². The summed E-state index contributed by atoms with van der Waals surface area (Å²) < 4.78 is 12.1. The van der Waals surface area contributed by atoms with Crippen molar-refractivity contribution in [2.75, 3.05) is 34.4 Å². The zero-order valence-electron chi connectivity index (χ0n) is 15.3. The maximum absolute atomic E-state index is 6.63. The van der Waals surface area contributed by atoms with E-state index in [0.29, 0.717) is 5.92 Å². The average Bonchev–Trinajstić information content (AvgIpc) is 2.56. The highest BCUT2D eigenvalue weighted by Gasteiger charge is 2.43. The molecule has 1 fully saturated rings. The second-order valence-corrected chi connectivity index (χ2v) is 7.03. The fraction of sp³-hybridized carbons (Fsp3) is 0.700. The van der Waals surface area contributed by atoms with Crippen LogP contribution in [0.1, 0.15) is 51.0 Å². The number of unbranched alkanes of at least 4 members (excludes halogenated alkanes) is 1. The molecule has 3 nitrogen and oxygen atoms in total. The van der Waals surface area contributed by atoms with Crippen molar-refractivity contribution in [3.63, 3.8) is 0 Å². The topological polar surface area (TPSA) is 21.7 Å². The van der Waals surface area contributed by atoms with Crippen molar-refractivity contribution in [2.24, 2.45) is 5.92 Å². The van der Waals surface area contributed by atoms with E-state index in [1.165, 1.54) is 31.2 Å². The van der Waals surface area contributed by atoms with Gasteiger partial charge in [-0.05, 0) is 51.1 Å². The molecule has 2 atom stereocenters. The van der Waals surface area contributed by atoms with Crippen molar-refractivity contribution in [3.05, 3.63) is 29.8 Å². The van der Waals surface area contributed by atoms with Gasteiger partial charge in [-0.15, -0.1) is 0 Å². The highest BCUT2D eigenvalue weighted by Crippen LogP contribution is 2.46. The van der Waals surface area contributed by atoms with E-state index in [0.717, 1.165) is 31.7 Å². The molecule has 0 radical (unpaired) electrons. The summed E-state index contributed by atoms with van der Waals surface area (Å²) in [7, 11) is 6.07. The van der Waals surface area contributed by atoms with Gasteiger partial charge in [-0.25, -0.2) is 0 Å². The second kappa shape index (κ2) is 8.70. The molecule has 0 bridgehead atoms. The average molecular weight is 319 g/mol. The smallest absolute Gasteiger partial charge is 0.119 e. The van der Waals surface area contributed by atoms with Crippen LogP contribution in [0.15, 0.2) is 24.3 Å². The first kappa shape index (κ1) is 18.3. The largest absolute Gasteiger partial charge is 0.497 e. The molecule has 0 spiro atoms. The summed E-state index contributed by atoms with van der Waals surface area (Å²) in [4.78, 5) is 2.30. The minimum atomic E-state index is -0.160. The Balaban J connectivity index is 2.35. The van der Waals surface area contributed by atoms with Gasteiger partial charge in [0, 0.05) is 19.1 Å². The summed E-state index contributed by atoms with van der Waals surface area (Å²) in [6, 6.07) is 8.52. The van der Waals surface area contributed by atoms with Gasteiger partial charge in [0.05, 0.1) is 12.7 Å². The lowest BCUT2D eigenvalue weighted by atomic mass is 9.71. The van der Waals surface area contributed by atoms with Gasteiger partial charge in [-0.3, -0.25) is 0 Å². The van der Waals surface area contributed by atoms with Crippen molar-refractivity contribution >= 4 is 0 Å². The van der Waals surface area contributed by atoms with E-state index < -0.39 is 0 Å². The third-order valence-electron chi connectivity index (χ3n) is 5.01. The number of hydrogen-bond donors (Lipinski definition) is 0. The van der Waals surface area contributed by atoms with Crippen molar-refractivity contribution in [1.82, 2.24) is 4.90 Å². The van der Waals surface area contributed by atoms with Crippen molar-refractivity contribution in [3.8, 4) is 5.75 Å². The molecular formula is C20H33NO2. The number of methoxy groups -OCH3 is 1. The number of nitrogens with zero attached hydrogens (tertiary/aromatic N) is 1. The van der Waals surface area contributed by atoms with Gasteiger partial charge < -0.3 is 14.4 Å². The molecule has 2 rings (SSSR count). The van der Waals surface area contributed by atoms with Gasteiger partial charge in [0.1, 0.15) is 5.75 Å². The fourth-order valence-corrected chi connectivity index (χ4v) is 3.83. The summed E-state index contributed by atoms with van der Waals surface area (Å²) in [5, 5.41) is 0. The molecule has 3 heteroatoms. The minimum Gasteiger partial charge on any atom is -0.497 e. The number of hydrogen-bond acceptors (Lipinski definition) is 3. The van der Waals surface area contributed by atoms with Gasteiger partial charge in [0.25, 0.3) is 0 Å². The first-order valence-corrected chi connectivity index (χ1v) is 9.05. The van der Waals surface area contributed by atoms with Crippen LogP contribution in [0.25, 0.3) is 0 Å². The van der Waals surface area contributed by atoms with Gasteiger partial charge in [-0.1, -0.05) is 38.3 Å². The molecule has 0 N–H and O–H groups in total. The normalized spacial score (nSPS) is 24.8. The SMILES string of the molecule is CCCCO[C@]1(c2cccc(OC)c2)CCCC[C@@H]1CN(C)C. The molecule has 0 aromatic heterocycles. The molecule has 0 amide bonds. The highest BCUT2D eigenvalue weighted by molar-refractivity contribution is 5.33. The molecular weight excluding hydrogens is 286 g/mol. The molecule has 0 unspecified atom stereocenters. The second-order valence-electron chi connectivity index (χ2n) is 7.03. The van der Waals surface area contributed by atoms with Gasteiger partial charge >= 0.3 is 0 Å². The number of ether oxygens (including phenoxy) is 2. The number of benzene rings is 1. The lowest BCUT2D eigenvalue weighted by Crippen LogP contribution is -2.45. The summed E-state index contributed by atoms with van der Waals surface area (Å²) in [5.41, 5.74) is 1.13. The molecule has 0 heterocycles. The Morgan fingerprint density at radius 2 is 2.09 bits per heavy atom. The molecule has 130 valence electrons. The molecule has 1 aliphatic rings. The standard InChI is InChI=1S/C20H33NO2/c1-5-6-14-23-20(17-11-9-12-19(15-17)22-4)13-8-7-10-18(20)16-21(2)3/h9,11-12,15,18H,5-8,10,13-14,16H2,1-4H3/t18-,20+/m1/s1. The fourth-order valence-electron chi connectivity index (χ4n) is 3.83. The highest BCUT2D eigenvalue weighted by atomic mass is 16.5. The molecule has 1 aromatic carbocycles. The lowest BCUT2D eigenvalue weighted by molar-refractivity contribution is -0.121. The maximum atomic E-state index is 6.63. The van der Waals surface area contributed by atoms with E-state index in [-0.39, 0.29) is 5.60 Å². The summed E-state index contributed by atoms with van der Waals surface area (Å²) >= 11 is 0. The molecule has 1 aromatic rings. The van der Waals surface area contributed by atoms with Crippen LogP contribution >= 0.6 is 0 Å².